The van der Waals surface area contributed by atoms with Crippen molar-refractivity contribution in [1.29, 1.82) is 0 Å². The summed E-state index contributed by atoms with van der Waals surface area (Å²) in [4.78, 5) is 18.2. The third-order valence-electron chi connectivity index (χ3n) is 5.97. The molecule has 0 aliphatic carbocycles. The molecule has 3 heterocycles. The second-order valence-corrected chi connectivity index (χ2v) is 8.44. The first kappa shape index (κ1) is 21.3. The van der Waals surface area contributed by atoms with Gasteiger partial charge < -0.3 is 9.15 Å². The van der Waals surface area contributed by atoms with Gasteiger partial charge in [-0.05, 0) is 60.5 Å². The Bertz CT molecular complexity index is 1280. The van der Waals surface area contributed by atoms with Crippen LogP contribution in [0.2, 0.25) is 0 Å². The van der Waals surface area contributed by atoms with Crippen molar-refractivity contribution in [3.8, 4) is 11.3 Å². The molecule has 0 saturated carbocycles. The molecule has 2 aromatic heterocycles. The summed E-state index contributed by atoms with van der Waals surface area (Å²) >= 11 is 0. The second-order valence-electron chi connectivity index (χ2n) is 8.44. The summed E-state index contributed by atoms with van der Waals surface area (Å²) in [6.45, 7) is 4.10. The zero-order valence-corrected chi connectivity index (χ0v) is 18.5. The Kier molecular flexibility index (Phi) is 5.92. The quantitative estimate of drug-likeness (QED) is 0.366. The van der Waals surface area contributed by atoms with E-state index in [4.69, 9.17) is 9.15 Å². The van der Waals surface area contributed by atoms with Crippen LogP contribution in [0.4, 0.5) is 4.39 Å². The lowest BCUT2D eigenvalue weighted by molar-refractivity contribution is -0.154. The summed E-state index contributed by atoms with van der Waals surface area (Å²) in [5.74, 6) is -0.0337. The Morgan fingerprint density at radius 3 is 2.73 bits per heavy atom. The van der Waals surface area contributed by atoms with Crippen LogP contribution in [0.15, 0.2) is 71.3 Å². The number of pyridine rings is 1. The topological polar surface area (TPSA) is 55.6 Å². The molecule has 0 N–H and O–H groups in total. The van der Waals surface area contributed by atoms with E-state index in [0.29, 0.717) is 37.6 Å². The number of hydrogen-bond donors (Lipinski definition) is 0. The molecule has 2 aromatic carbocycles. The molecular weight excluding hydrogens is 419 g/mol. The summed E-state index contributed by atoms with van der Waals surface area (Å²) in [5, 5.41) is 0.937. The fourth-order valence-electron chi connectivity index (χ4n) is 4.27. The first-order valence-corrected chi connectivity index (χ1v) is 11.2. The van der Waals surface area contributed by atoms with Crippen molar-refractivity contribution < 1.29 is 18.3 Å². The van der Waals surface area contributed by atoms with Crippen molar-refractivity contribution in [3.63, 3.8) is 0 Å². The standard InChI is InChI=1S/C27H25FN2O3/c1-2-32-27(31)21-16-30(17-21)15-19-6-8-23(24(28)13-19)26-14-20-11-18(7-9-25(20)33-26)12-22-5-3-4-10-29-22/h3-11,13-14,21H,2,12,15-17H2,1H3. The van der Waals surface area contributed by atoms with E-state index in [9.17, 15) is 9.18 Å². The molecule has 33 heavy (non-hydrogen) atoms. The van der Waals surface area contributed by atoms with Gasteiger partial charge in [-0.2, -0.15) is 0 Å². The largest absolute Gasteiger partial charge is 0.466 e. The maximum absolute atomic E-state index is 14.9. The minimum Gasteiger partial charge on any atom is -0.466 e. The van der Waals surface area contributed by atoms with Crippen LogP contribution in [0.3, 0.4) is 0 Å². The second kappa shape index (κ2) is 9.16. The van der Waals surface area contributed by atoms with Crippen molar-refractivity contribution in [3.05, 3.63) is 89.5 Å². The molecule has 0 atom stereocenters. The molecule has 1 fully saturated rings. The van der Waals surface area contributed by atoms with Gasteiger partial charge in [-0.25, -0.2) is 4.39 Å². The van der Waals surface area contributed by atoms with Gasteiger partial charge in [0.25, 0.3) is 0 Å². The van der Waals surface area contributed by atoms with Gasteiger partial charge in [-0.3, -0.25) is 14.7 Å². The highest BCUT2D eigenvalue weighted by Crippen LogP contribution is 2.31. The number of benzene rings is 2. The Labute approximate surface area is 191 Å². The van der Waals surface area contributed by atoms with Gasteiger partial charge in [0.05, 0.1) is 18.1 Å². The smallest absolute Gasteiger partial charge is 0.311 e. The minimum atomic E-state index is -0.317. The summed E-state index contributed by atoms with van der Waals surface area (Å²) in [5.41, 5.74) is 4.16. The first-order chi connectivity index (χ1) is 16.1. The van der Waals surface area contributed by atoms with Crippen LogP contribution < -0.4 is 0 Å². The number of furan rings is 1. The van der Waals surface area contributed by atoms with Gasteiger partial charge in [-0.1, -0.05) is 18.2 Å². The van der Waals surface area contributed by atoms with Crippen LogP contribution >= 0.6 is 0 Å². The van der Waals surface area contributed by atoms with Gasteiger partial charge in [0, 0.05) is 43.3 Å². The Morgan fingerprint density at radius 1 is 1.12 bits per heavy atom. The average Bonchev–Trinajstić information content (AvgIpc) is 3.20. The van der Waals surface area contributed by atoms with E-state index in [1.807, 2.05) is 49.4 Å². The number of fused-ring (bicyclic) bond motifs is 1. The highest BCUT2D eigenvalue weighted by Gasteiger charge is 2.33. The SMILES string of the molecule is CCOC(=O)C1CN(Cc2ccc(-c3cc4cc(Cc5ccccn5)ccc4o3)c(F)c2)C1. The number of ether oxygens (including phenoxy) is 1. The van der Waals surface area contributed by atoms with Crippen LogP contribution in [-0.2, 0) is 22.5 Å². The van der Waals surface area contributed by atoms with E-state index in [-0.39, 0.29) is 17.7 Å². The number of hydrogen-bond acceptors (Lipinski definition) is 5. The molecule has 0 bridgehead atoms. The molecule has 4 aromatic rings. The fourth-order valence-corrected chi connectivity index (χ4v) is 4.27. The number of carbonyl (C=O) groups excluding carboxylic acids is 1. The molecule has 1 saturated heterocycles. The van der Waals surface area contributed by atoms with Gasteiger partial charge >= 0.3 is 5.97 Å². The predicted molar refractivity (Wildman–Crippen MR) is 124 cm³/mol. The van der Waals surface area contributed by atoms with E-state index < -0.39 is 0 Å². The maximum atomic E-state index is 14.9. The molecule has 0 amide bonds. The van der Waals surface area contributed by atoms with Crippen LogP contribution in [0.25, 0.3) is 22.3 Å². The van der Waals surface area contributed by atoms with Crippen molar-refractivity contribution >= 4 is 16.9 Å². The molecule has 5 nitrogen and oxygen atoms in total. The number of carbonyl (C=O) groups is 1. The monoisotopic (exact) mass is 444 g/mol. The summed E-state index contributed by atoms with van der Waals surface area (Å²) in [6.07, 6.45) is 2.52. The number of likely N-dealkylation sites (tertiary alicyclic amines) is 1. The van der Waals surface area contributed by atoms with E-state index in [2.05, 4.69) is 16.0 Å². The lowest BCUT2D eigenvalue weighted by atomic mass is 9.99. The maximum Gasteiger partial charge on any atom is 0.311 e. The summed E-state index contributed by atoms with van der Waals surface area (Å²) in [6, 6.07) is 19.0. The summed E-state index contributed by atoms with van der Waals surface area (Å²) < 4.78 is 25.9. The lowest BCUT2D eigenvalue weighted by Crippen LogP contribution is -2.50. The molecule has 1 aliphatic rings. The van der Waals surface area contributed by atoms with Crippen molar-refractivity contribution in [1.82, 2.24) is 9.88 Å². The van der Waals surface area contributed by atoms with E-state index >= 15 is 0 Å². The van der Waals surface area contributed by atoms with Crippen LogP contribution in [0, 0.1) is 11.7 Å². The number of nitrogens with zero attached hydrogens (tertiary/aromatic N) is 2. The highest BCUT2D eigenvalue weighted by molar-refractivity contribution is 5.83. The third-order valence-corrected chi connectivity index (χ3v) is 5.97. The van der Waals surface area contributed by atoms with Crippen LogP contribution in [0.1, 0.15) is 23.7 Å². The Hall–Kier alpha value is -3.51. The molecule has 168 valence electrons. The minimum absolute atomic E-state index is 0.0767. The van der Waals surface area contributed by atoms with Crippen molar-refractivity contribution in [2.75, 3.05) is 19.7 Å². The predicted octanol–water partition coefficient (Wildman–Crippen LogP) is 5.22. The molecule has 0 radical (unpaired) electrons. The number of halogens is 1. The van der Waals surface area contributed by atoms with Gasteiger partial charge in [0.2, 0.25) is 0 Å². The molecule has 0 spiro atoms. The van der Waals surface area contributed by atoms with Gasteiger partial charge in [0.15, 0.2) is 0 Å². The van der Waals surface area contributed by atoms with E-state index in [1.54, 1.807) is 18.3 Å². The van der Waals surface area contributed by atoms with E-state index in [1.165, 1.54) is 0 Å². The van der Waals surface area contributed by atoms with E-state index in [0.717, 1.165) is 34.2 Å². The number of esters is 1. The fraction of sp³-hybridized carbons (Fsp3) is 0.259. The average molecular weight is 445 g/mol. The van der Waals surface area contributed by atoms with Gasteiger partial charge in [0.1, 0.15) is 17.2 Å². The first-order valence-electron chi connectivity index (χ1n) is 11.2. The Morgan fingerprint density at radius 2 is 1.97 bits per heavy atom. The molecular formula is C27H25FN2O3. The third kappa shape index (κ3) is 4.66. The molecule has 1 aliphatic heterocycles. The van der Waals surface area contributed by atoms with Gasteiger partial charge in [-0.15, -0.1) is 0 Å². The van der Waals surface area contributed by atoms with Crippen molar-refractivity contribution in [2.24, 2.45) is 5.92 Å². The zero-order chi connectivity index (χ0) is 22.8. The highest BCUT2D eigenvalue weighted by atomic mass is 19.1. The lowest BCUT2D eigenvalue weighted by Gasteiger charge is -2.37. The zero-order valence-electron chi connectivity index (χ0n) is 18.5. The number of aromatic nitrogens is 1. The summed E-state index contributed by atoms with van der Waals surface area (Å²) in [7, 11) is 0. The molecule has 6 heteroatoms. The van der Waals surface area contributed by atoms with Crippen molar-refractivity contribution in [2.45, 2.75) is 19.9 Å². The number of rotatable bonds is 7. The molecule has 5 rings (SSSR count). The van der Waals surface area contributed by atoms with Crippen LogP contribution in [-0.4, -0.2) is 35.5 Å². The normalized spacial score (nSPS) is 14.4. The van der Waals surface area contributed by atoms with Crippen LogP contribution in [0.5, 0.6) is 0 Å². The Balaban J connectivity index is 1.28. The molecule has 0 unspecified atom stereocenters.